The smallest absolute Gasteiger partial charge is 0.306 e. The molecule has 54 heavy (non-hydrogen) atoms. The van der Waals surface area contributed by atoms with Gasteiger partial charge in [-0.25, -0.2) is 0 Å². The van der Waals surface area contributed by atoms with Crippen LogP contribution < -0.4 is 4.89 Å². The average molecular weight is 780 g/mol. The summed E-state index contributed by atoms with van der Waals surface area (Å²) in [6.45, 7) is 4.09. The number of allylic oxidation sites excluding steroid dienone is 10. The van der Waals surface area contributed by atoms with E-state index >= 15 is 0 Å². The Hall–Kier alpha value is -2.29. The Balaban J connectivity index is 4.53. The highest BCUT2D eigenvalue weighted by Gasteiger charge is 2.21. The monoisotopic (exact) mass is 780 g/mol. The minimum atomic E-state index is -4.64. The number of esters is 2. The van der Waals surface area contributed by atoms with E-state index in [1.54, 1.807) is 0 Å². The fourth-order valence-electron chi connectivity index (χ4n) is 5.17. The van der Waals surface area contributed by atoms with E-state index in [1.807, 2.05) is 27.2 Å². The predicted octanol–water partition coefficient (Wildman–Crippen LogP) is 11.1. The van der Waals surface area contributed by atoms with Crippen LogP contribution >= 0.6 is 7.82 Å². The molecule has 0 amide bonds. The van der Waals surface area contributed by atoms with E-state index < -0.39 is 32.5 Å². The molecule has 0 aliphatic heterocycles. The van der Waals surface area contributed by atoms with Crippen molar-refractivity contribution in [3.05, 3.63) is 60.8 Å². The van der Waals surface area contributed by atoms with Gasteiger partial charge in [-0.05, 0) is 77.0 Å². The van der Waals surface area contributed by atoms with Gasteiger partial charge in [0.1, 0.15) is 19.8 Å². The lowest BCUT2D eigenvalue weighted by Crippen LogP contribution is -2.37. The fraction of sp³-hybridized carbons (Fsp3) is 0.727. The first-order chi connectivity index (χ1) is 26.0. The first-order valence-corrected chi connectivity index (χ1v) is 22.5. The molecule has 312 valence electrons. The number of carbonyl (C=O) groups excluding carboxylic acids is 2. The van der Waals surface area contributed by atoms with E-state index in [9.17, 15) is 19.0 Å². The van der Waals surface area contributed by atoms with Gasteiger partial charge in [0.2, 0.25) is 0 Å². The Kier molecular flexibility index (Phi) is 34.8. The van der Waals surface area contributed by atoms with Crippen molar-refractivity contribution in [1.29, 1.82) is 0 Å². The highest BCUT2D eigenvalue weighted by molar-refractivity contribution is 7.45. The number of phosphoric acid groups is 1. The van der Waals surface area contributed by atoms with Crippen LogP contribution in [0.5, 0.6) is 0 Å². The Bertz CT molecular complexity index is 1110. The third kappa shape index (κ3) is 39.4. The van der Waals surface area contributed by atoms with Crippen molar-refractivity contribution < 1.29 is 42.1 Å². The van der Waals surface area contributed by atoms with Gasteiger partial charge >= 0.3 is 11.9 Å². The number of phosphoric ester groups is 1. The number of nitrogens with zero attached hydrogens (tertiary/aromatic N) is 1. The normalized spacial score (nSPS) is 14.3. The van der Waals surface area contributed by atoms with Crippen LogP contribution in [0.4, 0.5) is 0 Å². The molecule has 0 fully saturated rings. The summed E-state index contributed by atoms with van der Waals surface area (Å²) in [4.78, 5) is 37.4. The topological polar surface area (TPSA) is 111 Å². The van der Waals surface area contributed by atoms with E-state index in [0.717, 1.165) is 44.9 Å². The Morgan fingerprint density at radius 3 is 1.59 bits per heavy atom. The Morgan fingerprint density at radius 1 is 0.574 bits per heavy atom. The van der Waals surface area contributed by atoms with Crippen LogP contribution in [-0.4, -0.2) is 70.0 Å². The third-order valence-corrected chi connectivity index (χ3v) is 9.47. The van der Waals surface area contributed by atoms with Crippen molar-refractivity contribution >= 4 is 19.8 Å². The minimum Gasteiger partial charge on any atom is -0.756 e. The quantitative estimate of drug-likeness (QED) is 0.0201. The van der Waals surface area contributed by atoms with Crippen molar-refractivity contribution in [3.63, 3.8) is 0 Å². The van der Waals surface area contributed by atoms with Gasteiger partial charge in [0.25, 0.3) is 7.82 Å². The number of likely N-dealkylation sites (N-methyl/N-ethyl adjacent to an activating group) is 1. The standard InChI is InChI=1S/C44H78NO8P/c1-6-8-10-12-14-16-18-20-21-22-23-25-27-29-31-33-35-37-44(47)53-42(41-52-54(48,49)51-39-38-45(3,4)5)40-50-43(46)36-34-32-30-28-26-24-19-17-15-13-11-9-7-2/h14,16,20-21,23-26,29,31,42H,6-13,15,17-19,22,27-28,30,32-41H2,1-5H3/b16-14-,21-20-,25-23-,26-24-,31-29-/t42-/m1/s1. The molecule has 9 nitrogen and oxygen atoms in total. The van der Waals surface area contributed by atoms with Gasteiger partial charge in [-0.3, -0.25) is 14.2 Å². The second-order valence-corrected chi connectivity index (χ2v) is 16.4. The summed E-state index contributed by atoms with van der Waals surface area (Å²) >= 11 is 0. The van der Waals surface area contributed by atoms with Crippen LogP contribution in [0.1, 0.15) is 155 Å². The number of rotatable bonds is 37. The van der Waals surface area contributed by atoms with Gasteiger partial charge in [-0.1, -0.05) is 126 Å². The van der Waals surface area contributed by atoms with Crippen LogP contribution in [-0.2, 0) is 32.7 Å². The van der Waals surface area contributed by atoms with Crippen LogP contribution in [0.25, 0.3) is 0 Å². The summed E-state index contributed by atoms with van der Waals surface area (Å²) in [5.41, 5.74) is 0. The second-order valence-electron chi connectivity index (χ2n) is 15.0. The van der Waals surface area contributed by atoms with Crippen LogP contribution in [0, 0.1) is 0 Å². The zero-order chi connectivity index (χ0) is 40.0. The maximum Gasteiger partial charge on any atom is 0.306 e. The molecule has 0 saturated carbocycles. The van der Waals surface area contributed by atoms with Gasteiger partial charge in [0.05, 0.1) is 27.7 Å². The van der Waals surface area contributed by atoms with Crippen molar-refractivity contribution in [2.45, 2.75) is 161 Å². The number of ether oxygens (including phenoxy) is 2. The Morgan fingerprint density at radius 2 is 1.02 bits per heavy atom. The highest BCUT2D eigenvalue weighted by Crippen LogP contribution is 2.38. The largest absolute Gasteiger partial charge is 0.756 e. The second kappa shape index (κ2) is 36.4. The zero-order valence-corrected chi connectivity index (χ0v) is 35.8. The molecule has 0 radical (unpaired) electrons. The summed E-state index contributed by atoms with van der Waals surface area (Å²) in [6.07, 6.45) is 42.6. The first kappa shape index (κ1) is 51.7. The molecular formula is C44H78NO8P. The molecule has 0 aromatic heterocycles. The van der Waals surface area contributed by atoms with Crippen LogP contribution in [0.2, 0.25) is 0 Å². The number of hydrogen-bond acceptors (Lipinski definition) is 8. The van der Waals surface area contributed by atoms with E-state index in [-0.39, 0.29) is 26.1 Å². The van der Waals surface area contributed by atoms with Crippen molar-refractivity contribution in [2.75, 3.05) is 47.5 Å². The van der Waals surface area contributed by atoms with Crippen molar-refractivity contribution in [1.82, 2.24) is 0 Å². The SMILES string of the molecule is CCCCC/C=C\C/C=C\C/C=C\C/C=C\CCCC(=O)O[C@H](COC(=O)CCCCC/C=C\CCCCCCCC)COP(=O)([O-])OCC[N+](C)(C)C. The molecular weight excluding hydrogens is 701 g/mol. The molecule has 0 saturated heterocycles. The third-order valence-electron chi connectivity index (χ3n) is 8.51. The molecule has 0 rings (SSSR count). The molecule has 0 bridgehead atoms. The van der Waals surface area contributed by atoms with Gasteiger partial charge in [-0.15, -0.1) is 0 Å². The summed E-state index contributed by atoms with van der Waals surface area (Å²) in [7, 11) is 1.11. The van der Waals surface area contributed by atoms with Crippen molar-refractivity contribution in [3.8, 4) is 0 Å². The molecule has 1 unspecified atom stereocenters. The van der Waals surface area contributed by atoms with Crippen LogP contribution in [0.15, 0.2) is 60.8 Å². The van der Waals surface area contributed by atoms with Gasteiger partial charge in [0.15, 0.2) is 6.10 Å². The van der Waals surface area contributed by atoms with Gasteiger partial charge in [0, 0.05) is 12.8 Å². The molecule has 0 aromatic carbocycles. The zero-order valence-electron chi connectivity index (χ0n) is 34.9. The maximum atomic E-state index is 12.6. The van der Waals surface area contributed by atoms with E-state index in [1.165, 1.54) is 64.2 Å². The van der Waals surface area contributed by atoms with E-state index in [4.69, 9.17) is 18.5 Å². The van der Waals surface area contributed by atoms with E-state index in [2.05, 4.69) is 68.5 Å². The van der Waals surface area contributed by atoms with E-state index in [0.29, 0.717) is 30.3 Å². The molecule has 0 aromatic rings. The predicted molar refractivity (Wildman–Crippen MR) is 222 cm³/mol. The van der Waals surface area contributed by atoms with Gasteiger partial charge < -0.3 is 27.9 Å². The van der Waals surface area contributed by atoms with Crippen molar-refractivity contribution in [2.24, 2.45) is 0 Å². The Labute approximate surface area is 330 Å². The average Bonchev–Trinajstić information content (AvgIpc) is 3.12. The summed E-state index contributed by atoms with van der Waals surface area (Å²) in [6, 6.07) is 0. The lowest BCUT2D eigenvalue weighted by atomic mass is 10.1. The van der Waals surface area contributed by atoms with Gasteiger partial charge in [-0.2, -0.15) is 0 Å². The molecule has 0 N–H and O–H groups in total. The fourth-order valence-corrected chi connectivity index (χ4v) is 5.90. The molecule has 0 aliphatic rings. The lowest BCUT2D eigenvalue weighted by Gasteiger charge is -2.28. The number of hydrogen-bond donors (Lipinski definition) is 0. The number of quaternary nitrogens is 1. The summed E-state index contributed by atoms with van der Waals surface area (Å²) in [5.74, 6) is -0.925. The molecule has 2 atom stereocenters. The lowest BCUT2D eigenvalue weighted by molar-refractivity contribution is -0.870. The minimum absolute atomic E-state index is 0.0455. The summed E-state index contributed by atoms with van der Waals surface area (Å²) < 4.78 is 33.7. The van der Waals surface area contributed by atoms with Crippen LogP contribution in [0.3, 0.4) is 0 Å². The molecule has 0 spiro atoms. The highest BCUT2D eigenvalue weighted by atomic mass is 31.2. The molecule has 0 aliphatic carbocycles. The number of unbranched alkanes of at least 4 members (excludes halogenated alkanes) is 13. The number of carbonyl (C=O) groups is 2. The summed E-state index contributed by atoms with van der Waals surface area (Å²) in [5, 5.41) is 0. The maximum absolute atomic E-state index is 12.6. The molecule has 0 heterocycles. The first-order valence-electron chi connectivity index (χ1n) is 21.0. The molecule has 10 heteroatoms.